The number of nitrogens with zero attached hydrogens (tertiary/aromatic N) is 3. The lowest BCUT2D eigenvalue weighted by atomic mass is 10.2. The van der Waals surface area contributed by atoms with Gasteiger partial charge >= 0.3 is 0 Å². The van der Waals surface area contributed by atoms with Crippen LogP contribution in [0.5, 0.6) is 0 Å². The molecule has 1 fully saturated rings. The van der Waals surface area contributed by atoms with Crippen LogP contribution in [-0.2, 0) is 6.54 Å². The third kappa shape index (κ3) is 3.70. The van der Waals surface area contributed by atoms with Crippen LogP contribution in [-0.4, -0.2) is 40.3 Å². The van der Waals surface area contributed by atoms with E-state index in [1.165, 1.54) is 12.8 Å². The Bertz CT molecular complexity index is 546. The second-order valence-corrected chi connectivity index (χ2v) is 6.74. The Kier molecular flexibility index (Phi) is 4.67. The Hall–Kier alpha value is -1.24. The first-order chi connectivity index (χ1) is 10.2. The Balaban J connectivity index is 1.65. The smallest absolute Gasteiger partial charge is 0.257 e. The molecule has 1 aliphatic heterocycles. The zero-order chi connectivity index (χ0) is 14.7. The monoisotopic (exact) mass is 306 g/mol. The SMILES string of the molecule is CC(C)N(Cc1nnc(-c2cccs2)o1)CC1CCCN1. The van der Waals surface area contributed by atoms with Crippen LogP contribution in [0.25, 0.3) is 10.8 Å². The van der Waals surface area contributed by atoms with E-state index in [0.717, 1.165) is 18.0 Å². The Morgan fingerprint density at radius 2 is 2.38 bits per heavy atom. The molecular formula is C15H22N4OS. The molecule has 1 unspecified atom stereocenters. The van der Waals surface area contributed by atoms with Crippen molar-refractivity contribution in [2.45, 2.75) is 45.3 Å². The normalized spacial score (nSPS) is 19.0. The van der Waals surface area contributed by atoms with Gasteiger partial charge in [0.2, 0.25) is 5.89 Å². The third-order valence-corrected chi connectivity index (χ3v) is 4.74. The molecule has 0 bridgehead atoms. The summed E-state index contributed by atoms with van der Waals surface area (Å²) in [4.78, 5) is 3.43. The Labute approximate surface area is 129 Å². The van der Waals surface area contributed by atoms with Crippen molar-refractivity contribution in [1.82, 2.24) is 20.4 Å². The van der Waals surface area contributed by atoms with Gasteiger partial charge in [-0.2, -0.15) is 0 Å². The van der Waals surface area contributed by atoms with Crippen molar-refractivity contribution in [2.75, 3.05) is 13.1 Å². The molecule has 2 aromatic rings. The van der Waals surface area contributed by atoms with Gasteiger partial charge in [-0.3, -0.25) is 4.90 Å². The minimum Gasteiger partial charge on any atom is -0.419 e. The summed E-state index contributed by atoms with van der Waals surface area (Å²) in [5.41, 5.74) is 0. The van der Waals surface area contributed by atoms with Gasteiger partial charge in [-0.25, -0.2) is 0 Å². The van der Waals surface area contributed by atoms with E-state index in [4.69, 9.17) is 4.42 Å². The van der Waals surface area contributed by atoms with Gasteiger partial charge < -0.3 is 9.73 Å². The van der Waals surface area contributed by atoms with Crippen LogP contribution < -0.4 is 5.32 Å². The molecule has 0 aliphatic carbocycles. The largest absolute Gasteiger partial charge is 0.419 e. The molecule has 0 saturated carbocycles. The lowest BCUT2D eigenvalue weighted by Gasteiger charge is -2.27. The van der Waals surface area contributed by atoms with Crippen LogP contribution in [0.3, 0.4) is 0 Å². The molecule has 21 heavy (non-hydrogen) atoms. The minimum absolute atomic E-state index is 0.462. The van der Waals surface area contributed by atoms with Crippen LogP contribution in [0.1, 0.15) is 32.6 Å². The van der Waals surface area contributed by atoms with Crippen molar-refractivity contribution in [1.29, 1.82) is 0 Å². The van der Waals surface area contributed by atoms with Crippen molar-refractivity contribution >= 4 is 11.3 Å². The highest BCUT2D eigenvalue weighted by molar-refractivity contribution is 7.13. The predicted octanol–water partition coefficient (Wildman–Crippen LogP) is 2.76. The summed E-state index contributed by atoms with van der Waals surface area (Å²) in [6, 6.07) is 5.05. The summed E-state index contributed by atoms with van der Waals surface area (Å²) in [5.74, 6) is 1.33. The predicted molar refractivity (Wildman–Crippen MR) is 84.2 cm³/mol. The molecule has 0 aromatic carbocycles. The number of hydrogen-bond acceptors (Lipinski definition) is 6. The number of hydrogen-bond donors (Lipinski definition) is 1. The van der Waals surface area contributed by atoms with Crippen LogP contribution in [0, 0.1) is 0 Å². The van der Waals surface area contributed by atoms with E-state index in [1.54, 1.807) is 11.3 Å². The summed E-state index contributed by atoms with van der Waals surface area (Å²) in [7, 11) is 0. The van der Waals surface area contributed by atoms with E-state index >= 15 is 0 Å². The fraction of sp³-hybridized carbons (Fsp3) is 0.600. The number of thiophene rings is 1. The highest BCUT2D eigenvalue weighted by Crippen LogP contribution is 2.23. The molecule has 2 aromatic heterocycles. The molecule has 0 amide bonds. The van der Waals surface area contributed by atoms with Gasteiger partial charge in [-0.1, -0.05) is 6.07 Å². The second-order valence-electron chi connectivity index (χ2n) is 5.79. The average molecular weight is 306 g/mol. The number of rotatable bonds is 6. The zero-order valence-corrected chi connectivity index (χ0v) is 13.4. The van der Waals surface area contributed by atoms with Gasteiger partial charge in [0, 0.05) is 18.6 Å². The molecular weight excluding hydrogens is 284 g/mol. The van der Waals surface area contributed by atoms with E-state index in [9.17, 15) is 0 Å². The lowest BCUT2D eigenvalue weighted by molar-refractivity contribution is 0.177. The van der Waals surface area contributed by atoms with E-state index in [2.05, 4.69) is 34.3 Å². The molecule has 1 aliphatic rings. The third-order valence-electron chi connectivity index (χ3n) is 3.88. The van der Waals surface area contributed by atoms with Gasteiger partial charge in [0.15, 0.2) is 0 Å². The van der Waals surface area contributed by atoms with Crippen molar-refractivity contribution < 1.29 is 4.42 Å². The first-order valence-corrected chi connectivity index (χ1v) is 8.44. The fourth-order valence-corrected chi connectivity index (χ4v) is 3.29. The maximum absolute atomic E-state index is 5.80. The maximum atomic E-state index is 5.80. The molecule has 1 saturated heterocycles. The van der Waals surface area contributed by atoms with Crippen molar-refractivity contribution in [3.63, 3.8) is 0 Å². The molecule has 3 rings (SSSR count). The van der Waals surface area contributed by atoms with Crippen molar-refractivity contribution in [3.8, 4) is 10.8 Å². The summed E-state index contributed by atoms with van der Waals surface area (Å²) in [6.45, 7) is 7.32. The lowest BCUT2D eigenvalue weighted by Crippen LogP contribution is -2.40. The van der Waals surface area contributed by atoms with Crippen molar-refractivity contribution in [3.05, 3.63) is 23.4 Å². The van der Waals surface area contributed by atoms with E-state index < -0.39 is 0 Å². The van der Waals surface area contributed by atoms with Gasteiger partial charge in [0.1, 0.15) is 0 Å². The van der Waals surface area contributed by atoms with Crippen LogP contribution in [0.2, 0.25) is 0 Å². The van der Waals surface area contributed by atoms with E-state index in [1.807, 2.05) is 17.5 Å². The molecule has 0 spiro atoms. The van der Waals surface area contributed by atoms with Gasteiger partial charge in [-0.15, -0.1) is 21.5 Å². The van der Waals surface area contributed by atoms with Gasteiger partial charge in [0.25, 0.3) is 5.89 Å². The summed E-state index contributed by atoms with van der Waals surface area (Å²) >= 11 is 1.62. The van der Waals surface area contributed by atoms with Crippen molar-refractivity contribution in [2.24, 2.45) is 0 Å². The fourth-order valence-electron chi connectivity index (χ4n) is 2.64. The van der Waals surface area contributed by atoms with Crippen LogP contribution >= 0.6 is 11.3 Å². The van der Waals surface area contributed by atoms with E-state index in [-0.39, 0.29) is 0 Å². The molecule has 5 nitrogen and oxygen atoms in total. The van der Waals surface area contributed by atoms with E-state index in [0.29, 0.717) is 30.4 Å². The topological polar surface area (TPSA) is 54.2 Å². The first-order valence-electron chi connectivity index (χ1n) is 7.56. The summed E-state index contributed by atoms with van der Waals surface area (Å²) in [6.07, 6.45) is 2.53. The van der Waals surface area contributed by atoms with Crippen LogP contribution in [0.4, 0.5) is 0 Å². The standard InChI is InChI=1S/C15H22N4OS/c1-11(2)19(9-12-5-3-7-16-12)10-14-17-18-15(20-14)13-6-4-8-21-13/h4,6,8,11-12,16H,3,5,7,9-10H2,1-2H3. The molecule has 1 atom stereocenters. The molecule has 0 radical (unpaired) electrons. The van der Waals surface area contributed by atoms with Crippen LogP contribution in [0.15, 0.2) is 21.9 Å². The number of nitrogens with one attached hydrogen (secondary N) is 1. The Morgan fingerprint density at radius 1 is 1.48 bits per heavy atom. The highest BCUT2D eigenvalue weighted by Gasteiger charge is 2.21. The molecule has 6 heteroatoms. The summed E-state index contributed by atoms with van der Waals surface area (Å²) < 4.78 is 5.80. The zero-order valence-electron chi connectivity index (χ0n) is 12.6. The van der Waals surface area contributed by atoms with Gasteiger partial charge in [-0.05, 0) is 44.7 Å². The quantitative estimate of drug-likeness (QED) is 0.889. The van der Waals surface area contributed by atoms with Gasteiger partial charge in [0.05, 0.1) is 11.4 Å². The second kappa shape index (κ2) is 6.68. The highest BCUT2D eigenvalue weighted by atomic mass is 32.1. The minimum atomic E-state index is 0.462. The average Bonchev–Trinajstić information content (AvgIpc) is 3.20. The molecule has 114 valence electrons. The number of aromatic nitrogens is 2. The molecule has 3 heterocycles. The summed E-state index contributed by atoms with van der Waals surface area (Å²) in [5, 5.41) is 13.9. The molecule has 1 N–H and O–H groups in total. The Morgan fingerprint density at radius 3 is 3.05 bits per heavy atom. The maximum Gasteiger partial charge on any atom is 0.257 e. The first kappa shape index (κ1) is 14.7.